The van der Waals surface area contributed by atoms with Crippen molar-refractivity contribution in [3.63, 3.8) is 0 Å². The highest BCUT2D eigenvalue weighted by atomic mass is 15.2. The second-order valence-electron chi connectivity index (χ2n) is 4.77. The summed E-state index contributed by atoms with van der Waals surface area (Å²) in [7, 11) is 0. The minimum absolute atomic E-state index is 0.210. The molecule has 0 fully saturated rings. The van der Waals surface area contributed by atoms with Gasteiger partial charge in [-0.05, 0) is 44.7 Å². The van der Waals surface area contributed by atoms with Crippen molar-refractivity contribution in [2.24, 2.45) is 5.84 Å². The van der Waals surface area contributed by atoms with Crippen molar-refractivity contribution < 1.29 is 0 Å². The molecule has 1 atom stereocenters. The molecule has 0 bridgehead atoms. The van der Waals surface area contributed by atoms with E-state index in [1.54, 1.807) is 0 Å². The fraction of sp³-hybridized carbons (Fsp3) is 0.533. The molecule has 0 aliphatic carbocycles. The topological polar surface area (TPSA) is 50.9 Å². The molecule has 0 radical (unpaired) electrons. The van der Waals surface area contributed by atoms with E-state index in [0.717, 1.165) is 24.2 Å². The molecule has 18 heavy (non-hydrogen) atoms. The molecule has 0 aromatic carbocycles. The molecular formula is C15H25N3. The van der Waals surface area contributed by atoms with Crippen LogP contribution in [0.15, 0.2) is 24.8 Å². The third-order valence-corrected chi connectivity index (χ3v) is 3.24. The first-order valence-electron chi connectivity index (χ1n) is 6.70. The molecule has 0 spiro atoms. The molecule has 1 heterocycles. The predicted molar refractivity (Wildman–Crippen MR) is 77.1 cm³/mol. The van der Waals surface area contributed by atoms with Gasteiger partial charge in [-0.15, -0.1) is 6.58 Å². The number of allylic oxidation sites excluding steroid dienone is 1. The summed E-state index contributed by atoms with van der Waals surface area (Å²) in [6.07, 6.45) is 7.75. The number of hydrogen-bond donors (Lipinski definition) is 2. The molecule has 1 aromatic heterocycles. The number of rotatable bonds is 8. The van der Waals surface area contributed by atoms with Gasteiger partial charge in [0.25, 0.3) is 0 Å². The second-order valence-corrected chi connectivity index (χ2v) is 4.77. The van der Waals surface area contributed by atoms with Crippen LogP contribution < -0.4 is 11.3 Å². The van der Waals surface area contributed by atoms with Gasteiger partial charge in [-0.1, -0.05) is 25.0 Å². The molecule has 1 aromatic rings. The van der Waals surface area contributed by atoms with E-state index in [9.17, 15) is 0 Å². The lowest BCUT2D eigenvalue weighted by Gasteiger charge is -2.18. The first-order chi connectivity index (χ1) is 8.69. The van der Waals surface area contributed by atoms with Gasteiger partial charge in [-0.2, -0.15) is 0 Å². The molecule has 0 saturated heterocycles. The monoisotopic (exact) mass is 247 g/mol. The van der Waals surface area contributed by atoms with Crippen LogP contribution in [-0.4, -0.2) is 4.98 Å². The quantitative estimate of drug-likeness (QED) is 0.320. The van der Waals surface area contributed by atoms with Crippen LogP contribution >= 0.6 is 0 Å². The highest BCUT2D eigenvalue weighted by Gasteiger charge is 2.12. The van der Waals surface area contributed by atoms with Crippen LogP contribution in [0.2, 0.25) is 0 Å². The zero-order chi connectivity index (χ0) is 13.4. The number of nitrogens with two attached hydrogens (primary N) is 1. The minimum Gasteiger partial charge on any atom is -0.271 e. The van der Waals surface area contributed by atoms with Crippen molar-refractivity contribution in [2.75, 3.05) is 0 Å². The van der Waals surface area contributed by atoms with Crippen molar-refractivity contribution in [1.29, 1.82) is 0 Å². The van der Waals surface area contributed by atoms with Gasteiger partial charge in [-0.3, -0.25) is 16.3 Å². The number of nitrogens with zero attached hydrogens (tertiary/aromatic N) is 1. The van der Waals surface area contributed by atoms with E-state index in [1.165, 1.54) is 24.8 Å². The molecule has 0 amide bonds. The van der Waals surface area contributed by atoms with Gasteiger partial charge in [0.05, 0.1) is 0 Å². The Kier molecular flexibility index (Phi) is 6.61. The molecule has 0 aliphatic heterocycles. The number of hydrazine groups is 1. The van der Waals surface area contributed by atoms with Crippen molar-refractivity contribution in [3.8, 4) is 0 Å². The van der Waals surface area contributed by atoms with Gasteiger partial charge >= 0.3 is 0 Å². The van der Waals surface area contributed by atoms with E-state index >= 15 is 0 Å². The van der Waals surface area contributed by atoms with Gasteiger partial charge in [0.1, 0.15) is 0 Å². The summed E-state index contributed by atoms with van der Waals surface area (Å²) < 4.78 is 0. The van der Waals surface area contributed by atoms with Crippen LogP contribution in [-0.2, 0) is 0 Å². The maximum absolute atomic E-state index is 5.66. The average Bonchev–Trinajstić information content (AvgIpc) is 2.35. The molecule has 3 nitrogen and oxygen atoms in total. The second kappa shape index (κ2) is 8.01. The van der Waals surface area contributed by atoms with E-state index in [0.29, 0.717) is 0 Å². The standard InChI is InChI=1S/C15H25N3/c1-4-5-6-7-8-9-15(18-16)14-11-10-12(2)17-13(14)3/h4,10-11,15,18H,1,5-9,16H2,2-3H3. The molecule has 0 aliphatic rings. The Morgan fingerprint density at radius 2 is 2.11 bits per heavy atom. The lowest BCUT2D eigenvalue weighted by molar-refractivity contribution is 0.480. The predicted octanol–water partition coefficient (Wildman–Crippen LogP) is 3.34. The Balaban J connectivity index is 2.52. The Hall–Kier alpha value is -1.19. The Morgan fingerprint density at radius 1 is 1.33 bits per heavy atom. The van der Waals surface area contributed by atoms with E-state index in [-0.39, 0.29) is 6.04 Å². The van der Waals surface area contributed by atoms with Crippen LogP contribution in [0.4, 0.5) is 0 Å². The van der Waals surface area contributed by atoms with E-state index in [2.05, 4.69) is 23.1 Å². The first-order valence-corrected chi connectivity index (χ1v) is 6.70. The number of aryl methyl sites for hydroxylation is 2. The summed E-state index contributed by atoms with van der Waals surface area (Å²) in [6, 6.07) is 4.39. The van der Waals surface area contributed by atoms with Crippen LogP contribution in [0.25, 0.3) is 0 Å². The zero-order valence-corrected chi connectivity index (χ0v) is 11.6. The summed E-state index contributed by atoms with van der Waals surface area (Å²) in [6.45, 7) is 7.79. The van der Waals surface area contributed by atoms with Gasteiger partial charge in [0, 0.05) is 17.4 Å². The molecular weight excluding hydrogens is 222 g/mol. The third-order valence-electron chi connectivity index (χ3n) is 3.24. The fourth-order valence-electron chi connectivity index (χ4n) is 2.21. The first kappa shape index (κ1) is 14.9. The lowest BCUT2D eigenvalue weighted by atomic mass is 9.99. The van der Waals surface area contributed by atoms with E-state index in [4.69, 9.17) is 5.84 Å². The van der Waals surface area contributed by atoms with Gasteiger partial charge in [-0.25, -0.2) is 0 Å². The normalized spacial score (nSPS) is 12.4. The van der Waals surface area contributed by atoms with E-state index < -0.39 is 0 Å². The Morgan fingerprint density at radius 3 is 2.72 bits per heavy atom. The number of unbranched alkanes of at least 4 members (excludes halogenated alkanes) is 3. The SMILES string of the molecule is C=CCCCCCC(NN)c1ccc(C)nc1C. The minimum atomic E-state index is 0.210. The molecule has 100 valence electrons. The largest absolute Gasteiger partial charge is 0.271 e. The van der Waals surface area contributed by atoms with Crippen LogP contribution in [0.3, 0.4) is 0 Å². The number of hydrogen-bond acceptors (Lipinski definition) is 3. The summed E-state index contributed by atoms with van der Waals surface area (Å²) in [5, 5.41) is 0. The summed E-state index contributed by atoms with van der Waals surface area (Å²) in [5.41, 5.74) is 6.25. The van der Waals surface area contributed by atoms with Gasteiger partial charge < -0.3 is 0 Å². The van der Waals surface area contributed by atoms with Crippen LogP contribution in [0, 0.1) is 13.8 Å². The summed E-state index contributed by atoms with van der Waals surface area (Å²) in [5.74, 6) is 5.66. The fourth-order valence-corrected chi connectivity index (χ4v) is 2.21. The molecule has 3 N–H and O–H groups in total. The average molecular weight is 247 g/mol. The Labute approximate surface area is 110 Å². The maximum atomic E-state index is 5.66. The summed E-state index contributed by atoms with van der Waals surface area (Å²) in [4.78, 5) is 4.49. The maximum Gasteiger partial charge on any atom is 0.0477 e. The van der Waals surface area contributed by atoms with Crippen molar-refractivity contribution >= 4 is 0 Å². The number of aromatic nitrogens is 1. The molecule has 3 heteroatoms. The zero-order valence-electron chi connectivity index (χ0n) is 11.6. The number of pyridine rings is 1. The smallest absolute Gasteiger partial charge is 0.0477 e. The molecule has 1 rings (SSSR count). The highest BCUT2D eigenvalue weighted by Crippen LogP contribution is 2.21. The lowest BCUT2D eigenvalue weighted by Crippen LogP contribution is -2.28. The van der Waals surface area contributed by atoms with Crippen LogP contribution in [0.1, 0.15) is 55.1 Å². The highest BCUT2D eigenvalue weighted by molar-refractivity contribution is 5.24. The third kappa shape index (κ3) is 4.59. The van der Waals surface area contributed by atoms with Crippen LogP contribution in [0.5, 0.6) is 0 Å². The van der Waals surface area contributed by atoms with E-state index in [1.807, 2.05) is 26.0 Å². The Bertz CT molecular complexity index is 374. The van der Waals surface area contributed by atoms with Gasteiger partial charge in [0.15, 0.2) is 0 Å². The summed E-state index contributed by atoms with van der Waals surface area (Å²) >= 11 is 0. The van der Waals surface area contributed by atoms with Gasteiger partial charge in [0.2, 0.25) is 0 Å². The molecule has 0 saturated carbocycles. The van der Waals surface area contributed by atoms with Crippen molar-refractivity contribution in [1.82, 2.24) is 10.4 Å². The molecule has 1 unspecified atom stereocenters. The van der Waals surface area contributed by atoms with Crippen molar-refractivity contribution in [3.05, 3.63) is 41.7 Å². The van der Waals surface area contributed by atoms with Crippen molar-refractivity contribution in [2.45, 2.75) is 52.0 Å². The number of nitrogens with one attached hydrogen (secondary N) is 1.